The minimum absolute atomic E-state index is 0.163. The number of para-hydroxylation sites is 1. The summed E-state index contributed by atoms with van der Waals surface area (Å²) in [5.41, 5.74) is 1.88. The first-order valence-corrected chi connectivity index (χ1v) is 10.8. The van der Waals surface area contributed by atoms with Gasteiger partial charge in [0.2, 0.25) is 5.88 Å². The van der Waals surface area contributed by atoms with E-state index >= 15 is 0 Å². The van der Waals surface area contributed by atoms with Crippen molar-refractivity contribution in [2.45, 2.75) is 24.9 Å². The minimum atomic E-state index is -5.08. The van der Waals surface area contributed by atoms with Crippen LogP contribution in [0.2, 0.25) is 0 Å². The summed E-state index contributed by atoms with van der Waals surface area (Å²) in [4.78, 5) is 32.3. The number of hydrogen-bond acceptors (Lipinski definition) is 5. The van der Waals surface area contributed by atoms with Gasteiger partial charge in [0.25, 0.3) is 5.91 Å². The molecular weight excluding hydrogens is 484 g/mol. The van der Waals surface area contributed by atoms with E-state index < -0.39 is 24.4 Å². The quantitative estimate of drug-likeness (QED) is 0.421. The maximum atomic E-state index is 14.6. The van der Waals surface area contributed by atoms with Crippen molar-refractivity contribution in [3.8, 4) is 5.88 Å². The molecule has 1 aromatic carbocycles. The number of carboxylic acids is 1. The first kappa shape index (κ1) is 24.9. The highest BCUT2D eigenvalue weighted by Gasteiger charge is 2.38. The van der Waals surface area contributed by atoms with Gasteiger partial charge < -0.3 is 19.1 Å². The lowest BCUT2D eigenvalue weighted by Gasteiger charge is -2.34. The molecule has 2 atom stereocenters. The summed E-state index contributed by atoms with van der Waals surface area (Å²) in [5.74, 6) is -2.57. The monoisotopic (exact) mass is 504 g/mol. The van der Waals surface area contributed by atoms with Gasteiger partial charge >= 0.3 is 12.1 Å². The standard InChI is InChI=1S/C22H19FN4O2.C2HF3O2/c23-17-9-12-27(22(28)16-5-3-11-26-13-10-24-21(16)26)14-19(17)29-20-8-7-15-4-1-2-6-18(15)25-20;3-2(4,5)1(6)7/h1-8,10-11,13,17,19H,9,12,14H2;(H,6,7)/t17-,19-;/m0./s1. The Labute approximate surface area is 201 Å². The lowest BCUT2D eigenvalue weighted by atomic mass is 10.0. The van der Waals surface area contributed by atoms with Gasteiger partial charge in [-0.1, -0.05) is 18.2 Å². The fraction of sp³-hybridized carbons (Fsp3) is 0.250. The molecule has 0 aliphatic carbocycles. The largest absolute Gasteiger partial charge is 0.490 e. The normalized spacial score (nSPS) is 17.9. The van der Waals surface area contributed by atoms with Gasteiger partial charge in [-0.25, -0.2) is 19.2 Å². The Morgan fingerprint density at radius 3 is 2.56 bits per heavy atom. The number of ether oxygens (including phenoxy) is 1. The van der Waals surface area contributed by atoms with Crippen molar-refractivity contribution in [1.82, 2.24) is 19.3 Å². The van der Waals surface area contributed by atoms with Crippen molar-refractivity contribution in [3.05, 3.63) is 72.7 Å². The van der Waals surface area contributed by atoms with E-state index in [0.717, 1.165) is 10.9 Å². The second-order valence-electron chi connectivity index (χ2n) is 7.94. The molecule has 36 heavy (non-hydrogen) atoms. The summed E-state index contributed by atoms with van der Waals surface area (Å²) in [5, 5.41) is 8.12. The SMILES string of the molecule is O=C(O)C(F)(F)F.O=C(c1cccn2ccnc12)N1CC[C@H](F)[C@@H](Oc2ccc3ccccc3n2)C1. The molecular formula is C24H20F4N4O4. The number of rotatable bonds is 3. The second kappa shape index (κ2) is 10.2. The zero-order valence-electron chi connectivity index (χ0n) is 18.6. The number of alkyl halides is 4. The van der Waals surface area contributed by atoms with Crippen LogP contribution in [0.25, 0.3) is 16.6 Å². The fourth-order valence-corrected chi connectivity index (χ4v) is 3.74. The molecule has 0 spiro atoms. The number of carbonyl (C=O) groups is 2. The molecule has 5 rings (SSSR count). The molecule has 0 unspecified atom stereocenters. The number of fused-ring (bicyclic) bond motifs is 2. The van der Waals surface area contributed by atoms with Crippen LogP contribution in [-0.4, -0.2) is 67.8 Å². The Hall–Kier alpha value is -4.22. The van der Waals surface area contributed by atoms with Crippen molar-refractivity contribution in [3.63, 3.8) is 0 Å². The van der Waals surface area contributed by atoms with Gasteiger partial charge in [-0.05, 0) is 30.7 Å². The fourth-order valence-electron chi connectivity index (χ4n) is 3.74. The number of hydrogen-bond donors (Lipinski definition) is 1. The van der Waals surface area contributed by atoms with Gasteiger partial charge in [0, 0.05) is 36.6 Å². The van der Waals surface area contributed by atoms with Crippen LogP contribution in [0.1, 0.15) is 16.8 Å². The highest BCUT2D eigenvalue weighted by atomic mass is 19.4. The lowest BCUT2D eigenvalue weighted by Crippen LogP contribution is -2.50. The second-order valence-corrected chi connectivity index (χ2v) is 7.94. The van der Waals surface area contributed by atoms with Gasteiger partial charge in [-0.2, -0.15) is 13.2 Å². The molecule has 3 aromatic heterocycles. The van der Waals surface area contributed by atoms with Crippen LogP contribution < -0.4 is 4.74 Å². The Kier molecular flexibility index (Phi) is 7.04. The van der Waals surface area contributed by atoms with E-state index in [0.29, 0.717) is 23.6 Å². The number of piperidine rings is 1. The number of aromatic nitrogens is 3. The number of nitrogens with zero attached hydrogens (tertiary/aromatic N) is 4. The Morgan fingerprint density at radius 2 is 1.81 bits per heavy atom. The summed E-state index contributed by atoms with van der Waals surface area (Å²) >= 11 is 0. The van der Waals surface area contributed by atoms with E-state index in [1.807, 2.05) is 36.5 Å². The molecule has 4 heterocycles. The van der Waals surface area contributed by atoms with Crippen LogP contribution in [-0.2, 0) is 4.79 Å². The average molecular weight is 504 g/mol. The van der Waals surface area contributed by atoms with Crippen molar-refractivity contribution >= 4 is 28.4 Å². The molecule has 0 radical (unpaired) electrons. The topological polar surface area (TPSA) is 97.0 Å². The van der Waals surface area contributed by atoms with E-state index in [2.05, 4.69) is 9.97 Å². The summed E-state index contributed by atoms with van der Waals surface area (Å²) in [6, 6.07) is 14.9. The zero-order chi connectivity index (χ0) is 25.9. The van der Waals surface area contributed by atoms with Crippen molar-refractivity contribution in [1.29, 1.82) is 0 Å². The number of pyridine rings is 2. The number of carboxylic acid groups (broad SMARTS) is 1. The first-order valence-electron chi connectivity index (χ1n) is 10.8. The van der Waals surface area contributed by atoms with Crippen molar-refractivity contribution in [2.24, 2.45) is 0 Å². The maximum Gasteiger partial charge on any atom is 0.490 e. The molecule has 188 valence electrons. The third-order valence-corrected chi connectivity index (χ3v) is 5.50. The van der Waals surface area contributed by atoms with E-state index in [1.54, 1.807) is 39.9 Å². The number of carbonyl (C=O) groups excluding carboxylic acids is 1. The van der Waals surface area contributed by atoms with Gasteiger partial charge in [0.1, 0.15) is 17.9 Å². The summed E-state index contributed by atoms with van der Waals surface area (Å²) in [6.07, 6.45) is -1.50. The van der Waals surface area contributed by atoms with E-state index in [-0.39, 0.29) is 18.9 Å². The maximum absolute atomic E-state index is 14.6. The molecule has 0 saturated carbocycles. The zero-order valence-corrected chi connectivity index (χ0v) is 18.6. The van der Waals surface area contributed by atoms with Crippen LogP contribution in [0.5, 0.6) is 5.88 Å². The summed E-state index contributed by atoms with van der Waals surface area (Å²) in [6.45, 7) is 0.503. The van der Waals surface area contributed by atoms with E-state index in [4.69, 9.17) is 14.6 Å². The van der Waals surface area contributed by atoms with Crippen LogP contribution >= 0.6 is 0 Å². The first-order chi connectivity index (χ1) is 17.1. The number of imidazole rings is 1. The minimum Gasteiger partial charge on any atom is -0.475 e. The molecule has 8 nitrogen and oxygen atoms in total. The van der Waals surface area contributed by atoms with Crippen LogP contribution in [0.4, 0.5) is 17.6 Å². The van der Waals surface area contributed by atoms with Gasteiger partial charge in [0.15, 0.2) is 0 Å². The molecule has 12 heteroatoms. The van der Waals surface area contributed by atoms with Gasteiger partial charge in [-0.15, -0.1) is 0 Å². The summed E-state index contributed by atoms with van der Waals surface area (Å²) in [7, 11) is 0. The van der Waals surface area contributed by atoms with Gasteiger partial charge in [0.05, 0.1) is 17.6 Å². The molecule has 0 bridgehead atoms. The molecule has 4 aromatic rings. The molecule has 1 saturated heterocycles. The van der Waals surface area contributed by atoms with E-state index in [1.165, 1.54) is 0 Å². The number of aliphatic carboxylic acids is 1. The Morgan fingerprint density at radius 1 is 1.06 bits per heavy atom. The predicted molar refractivity (Wildman–Crippen MR) is 120 cm³/mol. The number of benzene rings is 1. The number of halogens is 4. The Balaban J connectivity index is 0.000000384. The smallest absolute Gasteiger partial charge is 0.475 e. The average Bonchev–Trinajstić information content (AvgIpc) is 3.34. The van der Waals surface area contributed by atoms with Crippen LogP contribution in [0.3, 0.4) is 0 Å². The molecule has 1 fully saturated rings. The molecule has 1 amide bonds. The molecule has 1 aliphatic rings. The van der Waals surface area contributed by atoms with Crippen LogP contribution in [0, 0.1) is 0 Å². The highest BCUT2D eigenvalue weighted by molar-refractivity contribution is 5.99. The van der Waals surface area contributed by atoms with Crippen molar-refractivity contribution < 1.29 is 37.0 Å². The summed E-state index contributed by atoms with van der Waals surface area (Å²) < 4.78 is 54.0. The lowest BCUT2D eigenvalue weighted by molar-refractivity contribution is -0.192. The van der Waals surface area contributed by atoms with Crippen molar-refractivity contribution in [2.75, 3.05) is 13.1 Å². The number of likely N-dealkylation sites (tertiary alicyclic amines) is 1. The Bertz CT molecular complexity index is 1390. The third kappa shape index (κ3) is 5.53. The highest BCUT2D eigenvalue weighted by Crippen LogP contribution is 2.24. The van der Waals surface area contributed by atoms with Crippen LogP contribution in [0.15, 0.2) is 67.1 Å². The number of amides is 1. The van der Waals surface area contributed by atoms with E-state index in [9.17, 15) is 22.4 Å². The molecule has 1 aliphatic heterocycles. The predicted octanol–water partition coefficient (Wildman–Crippen LogP) is 4.15. The molecule has 1 N–H and O–H groups in total. The third-order valence-electron chi connectivity index (χ3n) is 5.50. The van der Waals surface area contributed by atoms with Gasteiger partial charge in [-0.3, -0.25) is 4.79 Å².